The molecule has 5 rings (SSSR count). The van der Waals surface area contributed by atoms with Gasteiger partial charge < -0.3 is 20.2 Å². The lowest BCUT2D eigenvalue weighted by atomic mass is 9.85. The molecule has 2 N–H and O–H groups in total. The van der Waals surface area contributed by atoms with E-state index in [9.17, 15) is 9.59 Å². The van der Waals surface area contributed by atoms with E-state index in [1.807, 2.05) is 9.80 Å². The summed E-state index contributed by atoms with van der Waals surface area (Å²) in [6.07, 6.45) is 10.4. The lowest BCUT2D eigenvalue weighted by Gasteiger charge is -2.48. The van der Waals surface area contributed by atoms with E-state index < -0.39 is 0 Å². The Hall–Kier alpha value is -3.47. The van der Waals surface area contributed by atoms with Gasteiger partial charge in [-0.2, -0.15) is 10.1 Å². The van der Waals surface area contributed by atoms with Crippen LogP contribution in [0.1, 0.15) is 31.2 Å². The van der Waals surface area contributed by atoms with Crippen LogP contribution in [0.25, 0.3) is 0 Å². The van der Waals surface area contributed by atoms with Crippen LogP contribution in [0.4, 0.5) is 22.2 Å². The van der Waals surface area contributed by atoms with Gasteiger partial charge in [-0.1, -0.05) is 13.0 Å². The number of fused-ring (bicyclic) bond motifs is 2. The van der Waals surface area contributed by atoms with Gasteiger partial charge in [0.2, 0.25) is 11.9 Å². The van der Waals surface area contributed by atoms with Crippen molar-refractivity contribution in [2.75, 3.05) is 30.4 Å². The average Bonchev–Trinajstić information content (AvgIpc) is 3.51. The van der Waals surface area contributed by atoms with Gasteiger partial charge >= 0.3 is 6.03 Å². The number of aliphatic hydroxyl groups is 1. The Labute approximate surface area is 198 Å². The van der Waals surface area contributed by atoms with Crippen molar-refractivity contribution >= 4 is 29.4 Å². The van der Waals surface area contributed by atoms with Crippen molar-refractivity contribution in [1.29, 1.82) is 0 Å². The van der Waals surface area contributed by atoms with Gasteiger partial charge in [-0.3, -0.25) is 14.4 Å². The van der Waals surface area contributed by atoms with Crippen molar-refractivity contribution in [3.05, 3.63) is 36.8 Å². The van der Waals surface area contributed by atoms with Gasteiger partial charge in [-0.05, 0) is 31.3 Å². The zero-order chi connectivity index (χ0) is 23.8. The van der Waals surface area contributed by atoms with Crippen molar-refractivity contribution in [3.8, 4) is 0 Å². The Balaban J connectivity index is 1.34. The highest BCUT2D eigenvalue weighted by Gasteiger charge is 2.47. The molecule has 4 heterocycles. The molecular weight excluding hydrogens is 436 g/mol. The first-order valence-corrected chi connectivity index (χ1v) is 11.7. The predicted molar refractivity (Wildman–Crippen MR) is 125 cm³/mol. The van der Waals surface area contributed by atoms with Gasteiger partial charge in [0.05, 0.1) is 31.6 Å². The Kier molecular flexibility index (Phi) is 5.94. The number of carbonyl (C=O) groups is 2. The normalized spacial score (nSPS) is 24.1. The van der Waals surface area contributed by atoms with Gasteiger partial charge in [0, 0.05) is 43.6 Å². The summed E-state index contributed by atoms with van der Waals surface area (Å²) in [5.74, 6) is 1.22. The summed E-state index contributed by atoms with van der Waals surface area (Å²) in [4.78, 5) is 40.3. The second-order valence-corrected chi connectivity index (χ2v) is 9.11. The lowest BCUT2D eigenvalue weighted by molar-refractivity contribution is -0.131. The topological polar surface area (TPSA) is 120 Å². The van der Waals surface area contributed by atoms with Crippen LogP contribution in [0.3, 0.4) is 0 Å². The van der Waals surface area contributed by atoms with Crippen LogP contribution in [-0.2, 0) is 17.9 Å². The number of anilines is 3. The molecule has 2 unspecified atom stereocenters. The highest BCUT2D eigenvalue weighted by atomic mass is 16.3. The molecule has 1 saturated carbocycles. The maximum Gasteiger partial charge on any atom is 0.325 e. The highest BCUT2D eigenvalue weighted by molar-refractivity contribution is 5.93. The molecule has 0 radical (unpaired) electrons. The van der Waals surface area contributed by atoms with Crippen LogP contribution in [0.2, 0.25) is 0 Å². The predicted octanol–water partition coefficient (Wildman–Crippen LogP) is 1.74. The van der Waals surface area contributed by atoms with Gasteiger partial charge in [0.15, 0.2) is 0 Å². The number of amides is 3. The SMILES string of the molecule is C=CC(=O)N1CCC(N2Cc3cnc(Nc4cnn(CCO)c4)nc3N(C)C2=O)[C@@H]2CCCC21. The zero-order valence-electron chi connectivity index (χ0n) is 19.3. The van der Waals surface area contributed by atoms with Crippen molar-refractivity contribution in [3.63, 3.8) is 0 Å². The van der Waals surface area contributed by atoms with Crippen LogP contribution in [0, 0.1) is 5.92 Å². The van der Waals surface area contributed by atoms with E-state index in [1.165, 1.54) is 6.08 Å². The number of aliphatic hydroxyl groups excluding tert-OH is 1. The minimum Gasteiger partial charge on any atom is -0.394 e. The summed E-state index contributed by atoms with van der Waals surface area (Å²) >= 11 is 0. The summed E-state index contributed by atoms with van der Waals surface area (Å²) in [6, 6.07) is 0.171. The first-order valence-electron chi connectivity index (χ1n) is 11.7. The first kappa shape index (κ1) is 22.3. The molecule has 2 aromatic heterocycles. The summed E-state index contributed by atoms with van der Waals surface area (Å²) in [6.45, 7) is 5.16. The molecule has 0 spiro atoms. The molecule has 11 heteroatoms. The summed E-state index contributed by atoms with van der Waals surface area (Å²) in [7, 11) is 1.74. The molecule has 11 nitrogen and oxygen atoms in total. The molecule has 1 aliphatic carbocycles. The number of hydrogen-bond donors (Lipinski definition) is 2. The lowest BCUT2D eigenvalue weighted by Crippen LogP contribution is -2.59. The maximum absolute atomic E-state index is 13.4. The summed E-state index contributed by atoms with van der Waals surface area (Å²) in [5, 5.41) is 16.3. The van der Waals surface area contributed by atoms with E-state index in [0.717, 1.165) is 31.2 Å². The Morgan fingerprint density at radius 2 is 2.15 bits per heavy atom. The molecule has 3 aliphatic rings. The van der Waals surface area contributed by atoms with E-state index in [-0.39, 0.29) is 36.5 Å². The third-order valence-corrected chi connectivity index (χ3v) is 7.20. The number of likely N-dealkylation sites (tertiary alicyclic amines) is 1. The largest absolute Gasteiger partial charge is 0.394 e. The molecule has 2 aliphatic heterocycles. The monoisotopic (exact) mass is 466 g/mol. The Bertz CT molecular complexity index is 1100. The third-order valence-electron chi connectivity index (χ3n) is 7.20. The number of piperidine rings is 1. The summed E-state index contributed by atoms with van der Waals surface area (Å²) in [5.41, 5.74) is 1.59. The third kappa shape index (κ3) is 3.89. The average molecular weight is 467 g/mol. The van der Waals surface area contributed by atoms with Crippen LogP contribution in [-0.4, -0.2) is 78.9 Å². The van der Waals surface area contributed by atoms with E-state index >= 15 is 0 Å². The number of nitrogens with one attached hydrogen (secondary N) is 1. The molecule has 3 amide bonds. The molecule has 3 atom stereocenters. The maximum atomic E-state index is 13.4. The molecule has 2 fully saturated rings. The molecular formula is C23H30N8O3. The van der Waals surface area contributed by atoms with Gasteiger partial charge in [0.1, 0.15) is 5.82 Å². The number of carbonyl (C=O) groups excluding carboxylic acids is 2. The zero-order valence-corrected chi connectivity index (χ0v) is 19.3. The van der Waals surface area contributed by atoms with Gasteiger partial charge in [-0.15, -0.1) is 0 Å². The fourth-order valence-electron chi connectivity index (χ4n) is 5.67. The molecule has 34 heavy (non-hydrogen) atoms. The minimum absolute atomic E-state index is 0.00502. The van der Waals surface area contributed by atoms with E-state index in [0.29, 0.717) is 37.1 Å². The van der Waals surface area contributed by atoms with Crippen molar-refractivity contribution in [2.45, 2.75) is 50.9 Å². The first-order chi connectivity index (χ1) is 16.5. The van der Waals surface area contributed by atoms with Gasteiger partial charge in [-0.25, -0.2) is 9.78 Å². The van der Waals surface area contributed by atoms with Crippen LogP contribution in [0.5, 0.6) is 0 Å². The molecule has 180 valence electrons. The standard InChI is InChI=1S/C23H30N8O3/c1-3-20(33)30-8-7-19(17-5-4-6-18(17)30)31-13-15-11-24-22(27-21(15)28(2)23(31)34)26-16-12-25-29(14-16)9-10-32/h3,11-12,14,17-19,32H,1,4-10,13H2,2H3,(H,24,26,27)/t17-,18?,19?/m1/s1. The van der Waals surface area contributed by atoms with Crippen LogP contribution in [0.15, 0.2) is 31.2 Å². The van der Waals surface area contributed by atoms with Crippen molar-refractivity contribution < 1.29 is 14.7 Å². The fourth-order valence-corrected chi connectivity index (χ4v) is 5.67. The number of aromatic nitrogens is 4. The number of rotatable bonds is 6. The minimum atomic E-state index is -0.0768. The van der Waals surface area contributed by atoms with Crippen LogP contribution >= 0.6 is 0 Å². The highest BCUT2D eigenvalue weighted by Crippen LogP contribution is 2.41. The van der Waals surface area contributed by atoms with E-state index in [4.69, 9.17) is 5.11 Å². The second kappa shape index (κ2) is 9.05. The van der Waals surface area contributed by atoms with Crippen LogP contribution < -0.4 is 10.2 Å². The number of urea groups is 1. The summed E-state index contributed by atoms with van der Waals surface area (Å²) < 4.78 is 1.62. The molecule has 0 bridgehead atoms. The Morgan fingerprint density at radius 1 is 1.29 bits per heavy atom. The van der Waals surface area contributed by atoms with E-state index in [2.05, 4.69) is 27.0 Å². The smallest absolute Gasteiger partial charge is 0.325 e. The quantitative estimate of drug-likeness (QED) is 0.622. The Morgan fingerprint density at radius 3 is 2.94 bits per heavy atom. The molecule has 2 aromatic rings. The van der Waals surface area contributed by atoms with Crippen molar-refractivity contribution in [1.82, 2.24) is 29.5 Å². The number of hydrogen-bond acceptors (Lipinski definition) is 7. The van der Waals surface area contributed by atoms with Crippen molar-refractivity contribution in [2.24, 2.45) is 5.92 Å². The second-order valence-electron chi connectivity index (χ2n) is 9.11. The van der Waals surface area contributed by atoms with E-state index in [1.54, 1.807) is 35.2 Å². The number of nitrogens with zero attached hydrogens (tertiary/aromatic N) is 7. The van der Waals surface area contributed by atoms with Gasteiger partial charge in [0.25, 0.3) is 0 Å². The molecule has 1 saturated heterocycles. The fraction of sp³-hybridized carbons (Fsp3) is 0.522. The molecule has 0 aromatic carbocycles.